The van der Waals surface area contributed by atoms with E-state index in [1.54, 1.807) is 0 Å². The number of oxime groups is 1. The third-order valence-corrected chi connectivity index (χ3v) is 3.28. The lowest BCUT2D eigenvalue weighted by Crippen LogP contribution is -2.14. The molecule has 1 saturated carbocycles. The number of benzene rings is 1. The van der Waals surface area contributed by atoms with E-state index in [1.807, 2.05) is 30.3 Å². The van der Waals surface area contributed by atoms with Gasteiger partial charge in [-0.05, 0) is 43.7 Å². The van der Waals surface area contributed by atoms with E-state index in [1.165, 1.54) is 25.0 Å². The maximum Gasteiger partial charge on any atom is 0.157 e. The highest BCUT2D eigenvalue weighted by atomic mass is 16.6. The maximum atomic E-state index is 5.40. The van der Waals surface area contributed by atoms with Gasteiger partial charge in [0.2, 0.25) is 0 Å². The summed E-state index contributed by atoms with van der Waals surface area (Å²) in [7, 11) is 0. The average molecular weight is 217 g/mol. The lowest BCUT2D eigenvalue weighted by Gasteiger charge is -2.20. The van der Waals surface area contributed by atoms with Gasteiger partial charge >= 0.3 is 0 Å². The first-order valence-electron chi connectivity index (χ1n) is 6.16. The van der Waals surface area contributed by atoms with Gasteiger partial charge in [0, 0.05) is 0 Å². The summed E-state index contributed by atoms with van der Waals surface area (Å²) in [6, 6.07) is 9.77. The van der Waals surface area contributed by atoms with Gasteiger partial charge < -0.3 is 4.84 Å². The van der Waals surface area contributed by atoms with E-state index in [2.05, 4.69) is 12.1 Å². The van der Waals surface area contributed by atoms with Crippen molar-refractivity contribution in [2.45, 2.75) is 39.0 Å². The summed E-state index contributed by atoms with van der Waals surface area (Å²) in [4.78, 5) is 5.40. The van der Waals surface area contributed by atoms with Crippen molar-refractivity contribution < 1.29 is 4.84 Å². The van der Waals surface area contributed by atoms with Gasteiger partial charge in [-0.25, -0.2) is 0 Å². The highest BCUT2D eigenvalue weighted by Crippen LogP contribution is 2.25. The molecule has 0 aromatic heterocycles. The highest BCUT2D eigenvalue weighted by molar-refractivity contribution is 5.84. The van der Waals surface area contributed by atoms with Crippen LogP contribution < -0.4 is 4.84 Å². The Morgan fingerprint density at radius 2 is 1.88 bits per heavy atom. The van der Waals surface area contributed by atoms with E-state index in [9.17, 15) is 0 Å². The zero-order valence-corrected chi connectivity index (χ0v) is 9.86. The van der Waals surface area contributed by atoms with Crippen molar-refractivity contribution in [1.29, 1.82) is 0 Å². The van der Waals surface area contributed by atoms with Crippen molar-refractivity contribution in [2.75, 3.05) is 0 Å². The van der Waals surface area contributed by atoms with Crippen LogP contribution in [0.25, 0.3) is 0 Å². The molecule has 2 heteroatoms. The predicted molar refractivity (Wildman–Crippen MR) is 66.8 cm³/mol. The number of hydrogen-bond donors (Lipinski definition) is 0. The molecular formula is C14H19NO. The SMILES string of the molecule is CCC1CCC(=NOc2ccccc2)CC1. The number of para-hydroxylation sites is 1. The zero-order chi connectivity index (χ0) is 11.2. The lowest BCUT2D eigenvalue weighted by molar-refractivity contribution is 0.331. The van der Waals surface area contributed by atoms with Crippen LogP contribution >= 0.6 is 0 Å². The second-order valence-electron chi connectivity index (χ2n) is 4.41. The summed E-state index contributed by atoms with van der Waals surface area (Å²) in [6.45, 7) is 2.27. The molecule has 0 bridgehead atoms. The Hall–Kier alpha value is -1.31. The largest absolute Gasteiger partial charge is 0.357 e. The zero-order valence-electron chi connectivity index (χ0n) is 9.86. The Bertz CT molecular complexity index is 335. The molecule has 0 spiro atoms. The number of nitrogens with zero attached hydrogens (tertiary/aromatic N) is 1. The standard InChI is InChI=1S/C14H19NO/c1-2-12-8-10-13(11-9-12)15-16-14-6-4-3-5-7-14/h3-7,12H,2,8-11H2,1H3. The predicted octanol–water partition coefficient (Wildman–Crippen LogP) is 4.02. The summed E-state index contributed by atoms with van der Waals surface area (Å²) in [5.74, 6) is 1.73. The fourth-order valence-corrected chi connectivity index (χ4v) is 2.11. The maximum absolute atomic E-state index is 5.40. The summed E-state index contributed by atoms with van der Waals surface area (Å²) in [5.41, 5.74) is 1.22. The van der Waals surface area contributed by atoms with Gasteiger partial charge in [0.05, 0.1) is 5.71 Å². The van der Waals surface area contributed by atoms with Gasteiger partial charge in [-0.2, -0.15) is 0 Å². The second kappa shape index (κ2) is 5.69. The Morgan fingerprint density at radius 1 is 1.19 bits per heavy atom. The molecule has 0 atom stereocenters. The molecule has 0 amide bonds. The quantitative estimate of drug-likeness (QED) is 0.701. The first-order valence-corrected chi connectivity index (χ1v) is 6.16. The van der Waals surface area contributed by atoms with Crippen LogP contribution in [0.3, 0.4) is 0 Å². The third kappa shape index (κ3) is 3.09. The molecule has 0 radical (unpaired) electrons. The van der Waals surface area contributed by atoms with Crippen molar-refractivity contribution >= 4 is 5.71 Å². The molecule has 1 aromatic rings. The Morgan fingerprint density at radius 3 is 2.50 bits per heavy atom. The Labute approximate surface area is 97.3 Å². The Kier molecular flexibility index (Phi) is 3.97. The molecule has 86 valence electrons. The van der Waals surface area contributed by atoms with Crippen molar-refractivity contribution in [3.05, 3.63) is 30.3 Å². The molecule has 1 aromatic carbocycles. The topological polar surface area (TPSA) is 21.6 Å². The molecule has 2 rings (SSSR count). The van der Waals surface area contributed by atoms with E-state index in [4.69, 9.17) is 4.84 Å². The minimum atomic E-state index is 0.826. The van der Waals surface area contributed by atoms with E-state index < -0.39 is 0 Å². The van der Waals surface area contributed by atoms with E-state index in [0.29, 0.717) is 0 Å². The number of rotatable bonds is 3. The fraction of sp³-hybridized carbons (Fsp3) is 0.500. The highest BCUT2D eigenvalue weighted by Gasteiger charge is 2.16. The monoisotopic (exact) mass is 217 g/mol. The molecule has 1 aliphatic carbocycles. The summed E-state index contributed by atoms with van der Waals surface area (Å²) in [6.07, 6.45) is 6.05. The van der Waals surface area contributed by atoms with E-state index in [-0.39, 0.29) is 0 Å². The van der Waals surface area contributed by atoms with Gasteiger partial charge in [-0.15, -0.1) is 0 Å². The summed E-state index contributed by atoms with van der Waals surface area (Å²) >= 11 is 0. The van der Waals surface area contributed by atoms with E-state index >= 15 is 0 Å². The summed E-state index contributed by atoms with van der Waals surface area (Å²) < 4.78 is 0. The average Bonchev–Trinajstić information content (AvgIpc) is 2.38. The Balaban J connectivity index is 1.85. The van der Waals surface area contributed by atoms with Crippen LogP contribution in [0.15, 0.2) is 35.5 Å². The van der Waals surface area contributed by atoms with Crippen molar-refractivity contribution in [3.8, 4) is 5.75 Å². The number of hydrogen-bond acceptors (Lipinski definition) is 2. The fourth-order valence-electron chi connectivity index (χ4n) is 2.11. The molecule has 1 fully saturated rings. The summed E-state index contributed by atoms with van der Waals surface area (Å²) in [5, 5.41) is 4.24. The van der Waals surface area contributed by atoms with Gasteiger partial charge in [0.15, 0.2) is 5.75 Å². The first kappa shape index (κ1) is 11.2. The smallest absolute Gasteiger partial charge is 0.157 e. The molecule has 2 nitrogen and oxygen atoms in total. The third-order valence-electron chi connectivity index (χ3n) is 3.28. The van der Waals surface area contributed by atoms with Crippen LogP contribution in [-0.2, 0) is 0 Å². The van der Waals surface area contributed by atoms with Gasteiger partial charge in [-0.1, -0.05) is 36.7 Å². The van der Waals surface area contributed by atoms with Crippen molar-refractivity contribution in [3.63, 3.8) is 0 Å². The van der Waals surface area contributed by atoms with Crippen LogP contribution in [0, 0.1) is 5.92 Å². The van der Waals surface area contributed by atoms with Crippen molar-refractivity contribution in [2.24, 2.45) is 11.1 Å². The first-order chi connectivity index (χ1) is 7.88. The van der Waals surface area contributed by atoms with Crippen LogP contribution in [0.5, 0.6) is 5.75 Å². The van der Waals surface area contributed by atoms with Crippen LogP contribution in [0.4, 0.5) is 0 Å². The normalized spacial score (nSPS) is 20.6. The van der Waals surface area contributed by atoms with Gasteiger partial charge in [0.25, 0.3) is 0 Å². The van der Waals surface area contributed by atoms with Crippen LogP contribution in [0.1, 0.15) is 39.0 Å². The minimum Gasteiger partial charge on any atom is -0.357 e. The second-order valence-corrected chi connectivity index (χ2v) is 4.41. The molecule has 0 unspecified atom stereocenters. The van der Waals surface area contributed by atoms with Crippen LogP contribution in [-0.4, -0.2) is 5.71 Å². The molecule has 0 N–H and O–H groups in total. The minimum absolute atomic E-state index is 0.826. The molecule has 1 aliphatic rings. The molecular weight excluding hydrogens is 198 g/mol. The van der Waals surface area contributed by atoms with Gasteiger partial charge in [0.1, 0.15) is 0 Å². The van der Waals surface area contributed by atoms with Crippen molar-refractivity contribution in [1.82, 2.24) is 0 Å². The molecule has 16 heavy (non-hydrogen) atoms. The van der Waals surface area contributed by atoms with Gasteiger partial charge in [-0.3, -0.25) is 0 Å². The van der Waals surface area contributed by atoms with Crippen LogP contribution in [0.2, 0.25) is 0 Å². The molecule has 0 saturated heterocycles. The van der Waals surface area contributed by atoms with E-state index in [0.717, 1.165) is 24.5 Å². The lowest BCUT2D eigenvalue weighted by atomic mass is 9.86. The molecule has 0 heterocycles. The molecule has 0 aliphatic heterocycles.